The molecule has 1 aromatic heterocycles. The van der Waals surface area contributed by atoms with Crippen LogP contribution in [0.15, 0.2) is 41.9 Å². The highest BCUT2D eigenvalue weighted by Crippen LogP contribution is 2.46. The molecule has 1 aliphatic carbocycles. The van der Waals surface area contributed by atoms with Crippen LogP contribution in [0.1, 0.15) is 43.9 Å². The maximum Gasteiger partial charge on any atom is 0.144 e. The fourth-order valence-corrected chi connectivity index (χ4v) is 6.54. The topological polar surface area (TPSA) is 65.7 Å². The Morgan fingerprint density at radius 2 is 2.08 bits per heavy atom. The van der Waals surface area contributed by atoms with E-state index in [0.717, 1.165) is 54.8 Å². The number of methoxy groups -OCH3 is 2. The van der Waals surface area contributed by atoms with Crippen LogP contribution < -0.4 is 5.32 Å². The van der Waals surface area contributed by atoms with Gasteiger partial charge in [0.25, 0.3) is 0 Å². The van der Waals surface area contributed by atoms with Crippen molar-refractivity contribution in [3.8, 4) is 0 Å². The summed E-state index contributed by atoms with van der Waals surface area (Å²) in [6.45, 7) is 6.53. The highest BCUT2D eigenvalue weighted by Gasteiger charge is 2.43. The molecule has 3 heterocycles. The predicted octanol–water partition coefficient (Wildman–Crippen LogP) is 4.29. The molecule has 2 aromatic rings. The molecule has 2 N–H and O–H groups in total. The van der Waals surface area contributed by atoms with Crippen LogP contribution in [0, 0.1) is 5.92 Å². The van der Waals surface area contributed by atoms with E-state index in [1.54, 1.807) is 21.1 Å². The lowest BCUT2D eigenvalue weighted by Gasteiger charge is -2.48. The van der Waals surface area contributed by atoms with E-state index in [-0.39, 0.29) is 37.8 Å². The maximum atomic E-state index is 15.6. The Kier molecular flexibility index (Phi) is 8.07. The Morgan fingerprint density at radius 3 is 2.82 bits per heavy atom. The van der Waals surface area contributed by atoms with Crippen LogP contribution >= 0.6 is 0 Å². The summed E-state index contributed by atoms with van der Waals surface area (Å²) < 4.78 is 39.4. The Balaban J connectivity index is 1.42. The number of nitrogens with one attached hydrogen (secondary N) is 2. The van der Waals surface area contributed by atoms with Gasteiger partial charge in [0.05, 0.1) is 38.1 Å². The first kappa shape index (κ1) is 27.1. The van der Waals surface area contributed by atoms with E-state index >= 15 is 4.39 Å². The molecule has 9 heteroatoms. The summed E-state index contributed by atoms with van der Waals surface area (Å²) in [7, 11) is 3.28. The summed E-state index contributed by atoms with van der Waals surface area (Å²) in [6.07, 6.45) is 8.46. The number of aromatic nitrogens is 2. The minimum Gasteiger partial charge on any atom is -0.501 e. The van der Waals surface area contributed by atoms with Gasteiger partial charge < -0.3 is 14.8 Å². The van der Waals surface area contributed by atoms with Crippen molar-refractivity contribution in [2.24, 2.45) is 5.92 Å². The van der Waals surface area contributed by atoms with Gasteiger partial charge in [-0.3, -0.25) is 19.3 Å². The molecule has 1 fully saturated rings. The molecule has 38 heavy (non-hydrogen) atoms. The monoisotopic (exact) mass is 529 g/mol. The number of benzene rings is 1. The smallest absolute Gasteiger partial charge is 0.144 e. The molecule has 7 nitrogen and oxygen atoms in total. The number of rotatable bonds is 11. The van der Waals surface area contributed by atoms with E-state index in [1.807, 2.05) is 6.20 Å². The summed E-state index contributed by atoms with van der Waals surface area (Å²) in [5, 5.41) is 12.2. The van der Waals surface area contributed by atoms with Gasteiger partial charge in [0.15, 0.2) is 0 Å². The molecule has 3 aliphatic rings. The Morgan fingerprint density at radius 1 is 1.26 bits per heavy atom. The molecule has 1 saturated heterocycles. The van der Waals surface area contributed by atoms with Crippen molar-refractivity contribution in [3.63, 3.8) is 0 Å². The second kappa shape index (κ2) is 11.3. The molecular weight excluding hydrogens is 488 g/mol. The van der Waals surface area contributed by atoms with Crippen molar-refractivity contribution in [2.45, 2.75) is 56.9 Å². The van der Waals surface area contributed by atoms with E-state index in [4.69, 9.17) is 9.47 Å². The van der Waals surface area contributed by atoms with Crippen molar-refractivity contribution < 1.29 is 18.3 Å². The first-order valence-electron chi connectivity index (χ1n) is 13.7. The zero-order chi connectivity index (χ0) is 26.9. The molecule has 4 atom stereocenters. The third kappa shape index (κ3) is 5.46. The summed E-state index contributed by atoms with van der Waals surface area (Å²) in [4.78, 5) is 4.58. The molecule has 0 amide bonds. The average molecular weight is 530 g/mol. The van der Waals surface area contributed by atoms with Crippen LogP contribution in [0.3, 0.4) is 0 Å². The second-order valence-corrected chi connectivity index (χ2v) is 11.4. The van der Waals surface area contributed by atoms with Gasteiger partial charge in [-0.1, -0.05) is 12.1 Å². The highest BCUT2D eigenvalue weighted by atomic mass is 19.1. The third-order valence-corrected chi connectivity index (χ3v) is 8.28. The SMILES string of the molecule is COCC(C)(F)CN1[C@H](C)Cc2c(ccc3[nH]ncc23)[C@H]1[C@@H]1CC=C(NC2CN(CCCF)C2)C=C1OC. The quantitative estimate of drug-likeness (QED) is 0.453. The van der Waals surface area contributed by atoms with Gasteiger partial charge in [-0.05, 0) is 56.4 Å². The molecule has 1 aromatic carbocycles. The third-order valence-electron chi connectivity index (χ3n) is 8.28. The number of allylic oxidation sites excluding steroid dienone is 2. The van der Waals surface area contributed by atoms with Crippen LogP contribution in [0.2, 0.25) is 0 Å². The van der Waals surface area contributed by atoms with Crippen LogP contribution in [-0.2, 0) is 15.9 Å². The van der Waals surface area contributed by atoms with E-state index in [9.17, 15) is 4.39 Å². The van der Waals surface area contributed by atoms with Crippen molar-refractivity contribution >= 4 is 10.9 Å². The van der Waals surface area contributed by atoms with Gasteiger partial charge in [-0.2, -0.15) is 5.10 Å². The molecule has 0 bridgehead atoms. The van der Waals surface area contributed by atoms with Crippen molar-refractivity contribution in [1.29, 1.82) is 0 Å². The average Bonchev–Trinajstić information content (AvgIpc) is 3.35. The number of hydrogen-bond acceptors (Lipinski definition) is 6. The molecular formula is C29H41F2N5O2. The zero-order valence-corrected chi connectivity index (χ0v) is 23.0. The number of halogens is 2. The fourth-order valence-electron chi connectivity index (χ4n) is 6.54. The normalized spacial score (nSPS) is 26.3. The molecule has 1 unspecified atom stereocenters. The zero-order valence-electron chi connectivity index (χ0n) is 23.0. The number of nitrogens with zero attached hydrogens (tertiary/aromatic N) is 3. The number of hydrogen-bond donors (Lipinski definition) is 2. The second-order valence-electron chi connectivity index (χ2n) is 11.4. The summed E-state index contributed by atoms with van der Waals surface area (Å²) in [6, 6.07) is 4.69. The maximum absolute atomic E-state index is 15.6. The van der Waals surface area contributed by atoms with E-state index in [0.29, 0.717) is 12.5 Å². The lowest BCUT2D eigenvalue weighted by molar-refractivity contribution is -0.0171. The van der Waals surface area contributed by atoms with Crippen molar-refractivity contribution in [2.75, 3.05) is 53.7 Å². The summed E-state index contributed by atoms with van der Waals surface area (Å²) in [5.74, 6) is 0.940. The number of likely N-dealkylation sites (tertiary alicyclic amines) is 1. The van der Waals surface area contributed by atoms with Crippen LogP contribution in [0.5, 0.6) is 0 Å². The standard InChI is InChI=1S/C29H41F2N5O2/c1-19-12-24-22(8-9-26-25(24)14-32-34-26)28(36(19)17-29(2,31)18-37-3)23-7-6-20(13-27(23)38-4)33-21-15-35(16-21)11-5-10-30/h6,8-9,13-14,19,21,23,28,33H,5,7,10-12,15-18H2,1-4H3,(H,32,34)/t19-,23-,28+,29?/m1/s1. The molecule has 0 spiro atoms. The van der Waals surface area contributed by atoms with Crippen LogP contribution in [0.4, 0.5) is 8.78 Å². The van der Waals surface area contributed by atoms with Gasteiger partial charge in [-0.25, -0.2) is 4.39 Å². The van der Waals surface area contributed by atoms with Crippen molar-refractivity contribution in [3.05, 3.63) is 53.1 Å². The van der Waals surface area contributed by atoms with Gasteiger partial charge in [0.2, 0.25) is 0 Å². The molecule has 5 rings (SSSR count). The van der Waals surface area contributed by atoms with Gasteiger partial charge in [0, 0.05) is 62.4 Å². The minimum atomic E-state index is -1.48. The van der Waals surface area contributed by atoms with Crippen molar-refractivity contribution in [1.82, 2.24) is 25.3 Å². The summed E-state index contributed by atoms with van der Waals surface area (Å²) >= 11 is 0. The van der Waals surface area contributed by atoms with Gasteiger partial charge >= 0.3 is 0 Å². The minimum absolute atomic E-state index is 0.0391. The molecule has 0 saturated carbocycles. The Hall–Kier alpha value is -2.49. The van der Waals surface area contributed by atoms with E-state index in [2.05, 4.69) is 56.5 Å². The summed E-state index contributed by atoms with van der Waals surface area (Å²) in [5.41, 5.74) is 3.10. The first-order chi connectivity index (χ1) is 18.3. The predicted molar refractivity (Wildman–Crippen MR) is 145 cm³/mol. The van der Waals surface area contributed by atoms with Gasteiger partial charge in [0.1, 0.15) is 11.4 Å². The molecule has 0 radical (unpaired) electrons. The largest absolute Gasteiger partial charge is 0.501 e. The van der Waals surface area contributed by atoms with E-state index < -0.39 is 5.67 Å². The molecule has 208 valence electrons. The number of alkyl halides is 2. The van der Waals surface area contributed by atoms with Crippen LogP contribution in [-0.4, -0.2) is 91.4 Å². The van der Waals surface area contributed by atoms with Crippen LogP contribution in [0.25, 0.3) is 10.9 Å². The number of aromatic amines is 1. The lowest BCUT2D eigenvalue weighted by atomic mass is 9.77. The van der Waals surface area contributed by atoms with E-state index in [1.165, 1.54) is 11.1 Å². The Bertz CT molecular complexity index is 1170. The van der Waals surface area contributed by atoms with Gasteiger partial charge in [-0.15, -0.1) is 0 Å². The highest BCUT2D eigenvalue weighted by molar-refractivity contribution is 5.83. The number of fused-ring (bicyclic) bond motifs is 3. The lowest BCUT2D eigenvalue weighted by Crippen LogP contribution is -2.57. The molecule has 2 aliphatic heterocycles. The fraction of sp³-hybridized carbons (Fsp3) is 0.621. The number of ether oxygens (including phenoxy) is 2. The number of H-pyrrole nitrogens is 1. The Labute approximate surface area is 224 Å². The first-order valence-corrected chi connectivity index (χ1v) is 13.7.